The van der Waals surface area contributed by atoms with Gasteiger partial charge in [0.05, 0.1) is 0 Å². The Labute approximate surface area is 97.0 Å². The molecular formula is C13H20N2O. The van der Waals surface area contributed by atoms with Crippen LogP contribution in [0.1, 0.15) is 25.8 Å². The fraction of sp³-hybridized carbons (Fsp3) is 0.462. The Kier molecular flexibility index (Phi) is 4.07. The number of rotatable bonds is 4. The van der Waals surface area contributed by atoms with Crippen LogP contribution >= 0.6 is 0 Å². The second-order valence-corrected chi connectivity index (χ2v) is 4.91. The molecule has 3 nitrogen and oxygen atoms in total. The number of carbonyl (C=O) groups is 1. The SMILES string of the molecule is Cc1ccccc1NC(=O)CC(C)(C)CN. The van der Waals surface area contributed by atoms with Crippen LogP contribution in [0.4, 0.5) is 5.69 Å². The molecular weight excluding hydrogens is 200 g/mol. The first-order valence-corrected chi connectivity index (χ1v) is 5.50. The first-order chi connectivity index (χ1) is 7.44. The van der Waals surface area contributed by atoms with Crippen LogP contribution in [0.3, 0.4) is 0 Å². The van der Waals surface area contributed by atoms with Gasteiger partial charge in [-0.1, -0.05) is 32.0 Å². The van der Waals surface area contributed by atoms with E-state index in [1.165, 1.54) is 0 Å². The summed E-state index contributed by atoms with van der Waals surface area (Å²) < 4.78 is 0. The molecule has 0 aliphatic carbocycles. The van der Waals surface area contributed by atoms with Gasteiger partial charge in [0.2, 0.25) is 5.91 Å². The molecule has 0 radical (unpaired) electrons. The fourth-order valence-electron chi connectivity index (χ4n) is 1.41. The molecule has 0 aromatic heterocycles. The molecule has 1 aromatic rings. The Morgan fingerprint density at radius 1 is 1.38 bits per heavy atom. The lowest BCUT2D eigenvalue weighted by Gasteiger charge is -2.21. The van der Waals surface area contributed by atoms with Gasteiger partial charge < -0.3 is 11.1 Å². The van der Waals surface area contributed by atoms with Crippen molar-refractivity contribution < 1.29 is 4.79 Å². The number of para-hydroxylation sites is 1. The maximum atomic E-state index is 11.8. The van der Waals surface area contributed by atoms with Gasteiger partial charge in [0.25, 0.3) is 0 Å². The number of nitrogens with one attached hydrogen (secondary N) is 1. The van der Waals surface area contributed by atoms with Gasteiger partial charge in [-0.25, -0.2) is 0 Å². The number of anilines is 1. The normalized spacial score (nSPS) is 11.2. The molecule has 3 heteroatoms. The second-order valence-electron chi connectivity index (χ2n) is 4.91. The number of hydrogen-bond donors (Lipinski definition) is 2. The Balaban J connectivity index is 2.62. The van der Waals surface area contributed by atoms with Crippen molar-refractivity contribution in [3.05, 3.63) is 29.8 Å². The van der Waals surface area contributed by atoms with Crippen molar-refractivity contribution in [1.82, 2.24) is 0 Å². The number of hydrogen-bond acceptors (Lipinski definition) is 2. The lowest BCUT2D eigenvalue weighted by atomic mass is 9.89. The van der Waals surface area contributed by atoms with Gasteiger partial charge in [0.1, 0.15) is 0 Å². The molecule has 0 aliphatic heterocycles. The molecule has 1 rings (SSSR count). The van der Waals surface area contributed by atoms with E-state index in [4.69, 9.17) is 5.73 Å². The molecule has 0 saturated heterocycles. The lowest BCUT2D eigenvalue weighted by molar-refractivity contribution is -0.117. The van der Waals surface area contributed by atoms with E-state index < -0.39 is 0 Å². The van der Waals surface area contributed by atoms with Crippen LogP contribution in [0.2, 0.25) is 0 Å². The molecule has 0 atom stereocenters. The maximum absolute atomic E-state index is 11.8. The third-order valence-corrected chi connectivity index (χ3v) is 2.61. The molecule has 88 valence electrons. The fourth-order valence-corrected chi connectivity index (χ4v) is 1.41. The van der Waals surface area contributed by atoms with Crippen molar-refractivity contribution >= 4 is 11.6 Å². The van der Waals surface area contributed by atoms with E-state index in [2.05, 4.69) is 5.32 Å². The highest BCUT2D eigenvalue weighted by molar-refractivity contribution is 5.91. The first-order valence-electron chi connectivity index (χ1n) is 5.50. The number of nitrogens with two attached hydrogens (primary N) is 1. The van der Waals surface area contributed by atoms with Crippen molar-refractivity contribution in [1.29, 1.82) is 0 Å². The molecule has 1 aromatic carbocycles. The van der Waals surface area contributed by atoms with E-state index in [0.29, 0.717) is 13.0 Å². The number of amides is 1. The van der Waals surface area contributed by atoms with Crippen LogP contribution in [0.5, 0.6) is 0 Å². The predicted octanol–water partition coefficient (Wildman–Crippen LogP) is 2.31. The average molecular weight is 220 g/mol. The van der Waals surface area contributed by atoms with Crippen molar-refractivity contribution in [2.24, 2.45) is 11.1 Å². The Bertz CT molecular complexity index is 372. The van der Waals surface area contributed by atoms with E-state index in [-0.39, 0.29) is 11.3 Å². The lowest BCUT2D eigenvalue weighted by Crippen LogP contribution is -2.29. The average Bonchev–Trinajstić information content (AvgIpc) is 2.21. The maximum Gasteiger partial charge on any atom is 0.224 e. The highest BCUT2D eigenvalue weighted by atomic mass is 16.1. The van der Waals surface area contributed by atoms with Crippen molar-refractivity contribution in [2.45, 2.75) is 27.2 Å². The van der Waals surface area contributed by atoms with E-state index in [1.807, 2.05) is 45.0 Å². The van der Waals surface area contributed by atoms with Gasteiger partial charge in [-0.2, -0.15) is 0 Å². The van der Waals surface area contributed by atoms with Crippen molar-refractivity contribution in [3.8, 4) is 0 Å². The Hall–Kier alpha value is -1.35. The molecule has 0 aliphatic rings. The number of aryl methyl sites for hydroxylation is 1. The minimum Gasteiger partial charge on any atom is -0.330 e. The van der Waals surface area contributed by atoms with E-state index in [1.54, 1.807) is 0 Å². The van der Waals surface area contributed by atoms with E-state index in [0.717, 1.165) is 11.3 Å². The Morgan fingerprint density at radius 3 is 2.56 bits per heavy atom. The smallest absolute Gasteiger partial charge is 0.224 e. The number of carbonyl (C=O) groups excluding carboxylic acids is 1. The summed E-state index contributed by atoms with van der Waals surface area (Å²) in [5.41, 5.74) is 7.40. The molecule has 0 unspecified atom stereocenters. The summed E-state index contributed by atoms with van der Waals surface area (Å²) in [5, 5.41) is 2.91. The van der Waals surface area contributed by atoms with Gasteiger partial charge in [0, 0.05) is 12.1 Å². The van der Waals surface area contributed by atoms with Gasteiger partial charge in [0.15, 0.2) is 0 Å². The highest BCUT2D eigenvalue weighted by Crippen LogP contribution is 2.20. The third kappa shape index (κ3) is 3.66. The van der Waals surface area contributed by atoms with Gasteiger partial charge in [-0.05, 0) is 30.5 Å². The largest absolute Gasteiger partial charge is 0.330 e. The van der Waals surface area contributed by atoms with Crippen LogP contribution in [-0.2, 0) is 4.79 Å². The van der Waals surface area contributed by atoms with E-state index in [9.17, 15) is 4.79 Å². The summed E-state index contributed by atoms with van der Waals surface area (Å²) >= 11 is 0. The zero-order chi connectivity index (χ0) is 12.2. The van der Waals surface area contributed by atoms with E-state index >= 15 is 0 Å². The first kappa shape index (κ1) is 12.7. The van der Waals surface area contributed by atoms with Gasteiger partial charge in [-0.15, -0.1) is 0 Å². The van der Waals surface area contributed by atoms with Gasteiger partial charge in [-0.3, -0.25) is 4.79 Å². The molecule has 0 saturated carbocycles. The molecule has 0 spiro atoms. The predicted molar refractivity (Wildman–Crippen MR) is 67.3 cm³/mol. The number of benzene rings is 1. The summed E-state index contributed by atoms with van der Waals surface area (Å²) in [6.45, 7) is 6.47. The van der Waals surface area contributed by atoms with Crippen molar-refractivity contribution in [3.63, 3.8) is 0 Å². The summed E-state index contributed by atoms with van der Waals surface area (Å²) in [7, 11) is 0. The molecule has 16 heavy (non-hydrogen) atoms. The zero-order valence-corrected chi connectivity index (χ0v) is 10.2. The highest BCUT2D eigenvalue weighted by Gasteiger charge is 2.20. The van der Waals surface area contributed by atoms with Crippen LogP contribution in [-0.4, -0.2) is 12.5 Å². The monoisotopic (exact) mass is 220 g/mol. The summed E-state index contributed by atoms with van der Waals surface area (Å²) in [6.07, 6.45) is 0.442. The van der Waals surface area contributed by atoms with Gasteiger partial charge >= 0.3 is 0 Å². The van der Waals surface area contributed by atoms with Crippen LogP contribution < -0.4 is 11.1 Å². The van der Waals surface area contributed by atoms with Crippen LogP contribution in [0, 0.1) is 12.3 Å². The van der Waals surface area contributed by atoms with Crippen LogP contribution in [0.15, 0.2) is 24.3 Å². The molecule has 0 fully saturated rings. The Morgan fingerprint density at radius 2 is 2.00 bits per heavy atom. The molecule has 0 heterocycles. The zero-order valence-electron chi connectivity index (χ0n) is 10.2. The van der Waals surface area contributed by atoms with Crippen molar-refractivity contribution in [2.75, 3.05) is 11.9 Å². The summed E-state index contributed by atoms with van der Waals surface area (Å²) in [5.74, 6) is 0.0183. The molecule has 3 N–H and O–H groups in total. The topological polar surface area (TPSA) is 55.1 Å². The third-order valence-electron chi connectivity index (χ3n) is 2.61. The summed E-state index contributed by atoms with van der Waals surface area (Å²) in [6, 6.07) is 7.75. The molecule has 0 bridgehead atoms. The standard InChI is InChI=1S/C13H20N2O/c1-10-6-4-5-7-11(10)15-12(16)8-13(2,3)9-14/h4-7H,8-9,14H2,1-3H3,(H,15,16). The minimum absolute atomic E-state index is 0.0183. The summed E-state index contributed by atoms with van der Waals surface area (Å²) in [4.78, 5) is 11.8. The second kappa shape index (κ2) is 5.12. The minimum atomic E-state index is -0.146. The quantitative estimate of drug-likeness (QED) is 0.818. The molecule has 1 amide bonds. The van der Waals surface area contributed by atoms with Crippen LogP contribution in [0.25, 0.3) is 0 Å².